The maximum absolute atomic E-state index is 14.6. The first-order chi connectivity index (χ1) is 15.1. The van der Waals surface area contributed by atoms with Crippen LogP contribution in [0.15, 0.2) is 71.6 Å². The summed E-state index contributed by atoms with van der Waals surface area (Å²) < 4.78 is 42.1. The zero-order chi connectivity index (χ0) is 23.5. The van der Waals surface area contributed by atoms with Crippen LogP contribution in [0.2, 0.25) is 0 Å². The van der Waals surface area contributed by atoms with E-state index in [0.717, 1.165) is 26.6 Å². The molecule has 32 heavy (non-hydrogen) atoms. The van der Waals surface area contributed by atoms with Crippen LogP contribution < -0.4 is 9.62 Å². The van der Waals surface area contributed by atoms with E-state index < -0.39 is 28.3 Å². The van der Waals surface area contributed by atoms with Gasteiger partial charge in [-0.3, -0.25) is 9.10 Å². The Hall–Kier alpha value is -3.19. The van der Waals surface area contributed by atoms with Crippen molar-refractivity contribution in [1.82, 2.24) is 5.32 Å². The lowest BCUT2D eigenvalue weighted by Crippen LogP contribution is -2.42. The maximum Gasteiger partial charge on any atom is 0.264 e. The van der Waals surface area contributed by atoms with Gasteiger partial charge in [-0.25, -0.2) is 12.8 Å². The molecule has 3 aromatic rings. The van der Waals surface area contributed by atoms with Crippen molar-refractivity contribution in [3.05, 3.63) is 94.8 Å². The molecule has 1 unspecified atom stereocenters. The van der Waals surface area contributed by atoms with Gasteiger partial charge >= 0.3 is 0 Å². The third-order valence-corrected chi connectivity index (χ3v) is 7.20. The fraction of sp³-hybridized carbons (Fsp3) is 0.240. The minimum Gasteiger partial charge on any atom is -0.348 e. The molecule has 0 heterocycles. The monoisotopic (exact) mass is 454 g/mol. The second-order valence-corrected chi connectivity index (χ2v) is 9.77. The van der Waals surface area contributed by atoms with Gasteiger partial charge in [-0.2, -0.15) is 0 Å². The number of benzene rings is 3. The Morgan fingerprint density at radius 1 is 0.969 bits per heavy atom. The van der Waals surface area contributed by atoms with Crippen LogP contribution in [-0.4, -0.2) is 20.9 Å². The molecule has 0 saturated carbocycles. The van der Waals surface area contributed by atoms with Crippen molar-refractivity contribution in [2.75, 3.05) is 10.8 Å². The summed E-state index contributed by atoms with van der Waals surface area (Å²) in [6, 6.07) is 17.3. The Kier molecular flexibility index (Phi) is 6.99. The summed E-state index contributed by atoms with van der Waals surface area (Å²) in [5.41, 5.74) is 3.85. The second kappa shape index (κ2) is 9.53. The van der Waals surface area contributed by atoms with Gasteiger partial charge in [-0.15, -0.1) is 0 Å². The number of nitrogens with one attached hydrogen (secondary N) is 1. The summed E-state index contributed by atoms with van der Waals surface area (Å²) in [5.74, 6) is -1.26. The van der Waals surface area contributed by atoms with Crippen LogP contribution in [0.5, 0.6) is 0 Å². The number of carbonyl (C=O) groups excluding carboxylic acids is 1. The Morgan fingerprint density at radius 3 is 2.25 bits per heavy atom. The first kappa shape index (κ1) is 23.5. The van der Waals surface area contributed by atoms with Gasteiger partial charge in [0.15, 0.2) is 0 Å². The topological polar surface area (TPSA) is 66.5 Å². The number of aryl methyl sites for hydroxylation is 3. The highest BCUT2D eigenvalue weighted by molar-refractivity contribution is 7.92. The zero-order valence-electron chi connectivity index (χ0n) is 18.6. The summed E-state index contributed by atoms with van der Waals surface area (Å²) in [4.78, 5) is 12.9. The standard InChI is InChI=1S/C25H27FN2O3S/c1-17-9-13-22(14-10-17)32(30,31)28(24-8-6-5-7-23(24)26)16-25(29)27-20(4)21-12-11-18(2)19(3)15-21/h5-15,20H,16H2,1-4H3,(H,27,29). The molecule has 3 aromatic carbocycles. The van der Waals surface area contributed by atoms with E-state index in [1.165, 1.54) is 36.4 Å². The first-order valence-electron chi connectivity index (χ1n) is 10.3. The summed E-state index contributed by atoms with van der Waals surface area (Å²) in [7, 11) is -4.17. The van der Waals surface area contributed by atoms with Crippen LogP contribution >= 0.6 is 0 Å². The predicted octanol–water partition coefficient (Wildman–Crippen LogP) is 4.82. The van der Waals surface area contributed by atoms with Gasteiger partial charge in [-0.1, -0.05) is 48.0 Å². The second-order valence-electron chi connectivity index (χ2n) is 7.91. The van der Waals surface area contributed by atoms with Crippen LogP contribution in [0, 0.1) is 26.6 Å². The number of hydrogen-bond donors (Lipinski definition) is 1. The lowest BCUT2D eigenvalue weighted by molar-refractivity contribution is -0.120. The van der Waals surface area contributed by atoms with Crippen molar-refractivity contribution in [1.29, 1.82) is 0 Å². The third kappa shape index (κ3) is 5.16. The smallest absolute Gasteiger partial charge is 0.264 e. The number of carbonyl (C=O) groups is 1. The van der Waals surface area contributed by atoms with Crippen molar-refractivity contribution < 1.29 is 17.6 Å². The fourth-order valence-corrected chi connectivity index (χ4v) is 4.75. The van der Waals surface area contributed by atoms with Crippen LogP contribution in [0.25, 0.3) is 0 Å². The third-order valence-electron chi connectivity index (χ3n) is 5.43. The zero-order valence-corrected chi connectivity index (χ0v) is 19.4. The SMILES string of the molecule is Cc1ccc(S(=O)(=O)N(CC(=O)NC(C)c2ccc(C)c(C)c2)c2ccccc2F)cc1. The van der Waals surface area contributed by atoms with Gasteiger partial charge in [0.1, 0.15) is 12.4 Å². The van der Waals surface area contributed by atoms with Gasteiger partial charge in [0, 0.05) is 0 Å². The quantitative estimate of drug-likeness (QED) is 0.556. The van der Waals surface area contributed by atoms with Crippen LogP contribution in [0.4, 0.5) is 10.1 Å². The van der Waals surface area contributed by atoms with Gasteiger partial charge in [0.05, 0.1) is 16.6 Å². The molecule has 0 aromatic heterocycles. The van der Waals surface area contributed by atoms with E-state index in [-0.39, 0.29) is 16.6 Å². The molecule has 0 saturated heterocycles. The van der Waals surface area contributed by atoms with E-state index in [1.54, 1.807) is 12.1 Å². The lowest BCUT2D eigenvalue weighted by atomic mass is 10.0. The fourth-order valence-electron chi connectivity index (χ4n) is 3.33. The molecule has 1 N–H and O–H groups in total. The molecule has 0 spiro atoms. The Labute approximate surface area is 188 Å². The number of anilines is 1. The van der Waals surface area contributed by atoms with Crippen molar-refractivity contribution in [3.8, 4) is 0 Å². The molecule has 3 rings (SSSR count). The Bertz CT molecular complexity index is 1220. The number of halogens is 1. The molecule has 1 amide bonds. The molecule has 0 aliphatic heterocycles. The number of nitrogens with zero attached hydrogens (tertiary/aromatic N) is 1. The lowest BCUT2D eigenvalue weighted by Gasteiger charge is -2.25. The molecule has 0 fully saturated rings. The molecular weight excluding hydrogens is 427 g/mol. The summed E-state index contributed by atoms with van der Waals surface area (Å²) in [6.07, 6.45) is 0. The largest absolute Gasteiger partial charge is 0.348 e. The summed E-state index contributed by atoms with van der Waals surface area (Å²) in [5, 5.41) is 2.83. The molecule has 7 heteroatoms. The highest BCUT2D eigenvalue weighted by Gasteiger charge is 2.29. The number of hydrogen-bond acceptors (Lipinski definition) is 3. The van der Waals surface area contributed by atoms with Crippen LogP contribution in [0.3, 0.4) is 0 Å². The predicted molar refractivity (Wildman–Crippen MR) is 125 cm³/mol. The number of sulfonamides is 1. The number of para-hydroxylation sites is 1. The van der Waals surface area contributed by atoms with Gasteiger partial charge < -0.3 is 5.32 Å². The van der Waals surface area contributed by atoms with E-state index in [1.807, 2.05) is 45.9 Å². The average molecular weight is 455 g/mol. The van der Waals surface area contributed by atoms with Gasteiger partial charge in [0.25, 0.3) is 10.0 Å². The number of amides is 1. The van der Waals surface area contributed by atoms with Gasteiger partial charge in [0.2, 0.25) is 5.91 Å². The van der Waals surface area contributed by atoms with E-state index in [2.05, 4.69) is 5.32 Å². The molecule has 0 aliphatic rings. The highest BCUT2D eigenvalue weighted by Crippen LogP contribution is 2.26. The molecule has 0 bridgehead atoms. The van der Waals surface area contributed by atoms with Crippen molar-refractivity contribution in [2.45, 2.75) is 38.6 Å². The molecule has 0 aliphatic carbocycles. The van der Waals surface area contributed by atoms with E-state index in [9.17, 15) is 17.6 Å². The molecular formula is C25H27FN2O3S. The molecule has 1 atom stereocenters. The minimum atomic E-state index is -4.17. The normalized spacial score (nSPS) is 12.3. The summed E-state index contributed by atoms with van der Waals surface area (Å²) >= 11 is 0. The maximum atomic E-state index is 14.6. The number of rotatable bonds is 7. The van der Waals surface area contributed by atoms with E-state index in [0.29, 0.717) is 0 Å². The van der Waals surface area contributed by atoms with Gasteiger partial charge in [-0.05, 0) is 68.7 Å². The van der Waals surface area contributed by atoms with Crippen LogP contribution in [-0.2, 0) is 14.8 Å². The highest BCUT2D eigenvalue weighted by atomic mass is 32.2. The Balaban J connectivity index is 1.90. The molecule has 168 valence electrons. The van der Waals surface area contributed by atoms with Crippen molar-refractivity contribution in [3.63, 3.8) is 0 Å². The van der Waals surface area contributed by atoms with E-state index in [4.69, 9.17) is 0 Å². The molecule has 5 nitrogen and oxygen atoms in total. The Morgan fingerprint density at radius 2 is 1.62 bits per heavy atom. The van der Waals surface area contributed by atoms with Crippen LogP contribution in [0.1, 0.15) is 35.2 Å². The van der Waals surface area contributed by atoms with Crippen molar-refractivity contribution in [2.24, 2.45) is 0 Å². The average Bonchev–Trinajstić information content (AvgIpc) is 2.74. The first-order valence-corrected chi connectivity index (χ1v) is 11.7. The summed E-state index contributed by atoms with van der Waals surface area (Å²) in [6.45, 7) is 7.11. The molecule has 0 radical (unpaired) electrons. The minimum absolute atomic E-state index is 0.0126. The van der Waals surface area contributed by atoms with E-state index >= 15 is 0 Å². The van der Waals surface area contributed by atoms with Crippen molar-refractivity contribution >= 4 is 21.6 Å².